The van der Waals surface area contributed by atoms with Crippen LogP contribution in [0, 0.1) is 0 Å². The highest BCUT2D eigenvalue weighted by Gasteiger charge is 2.32. The van der Waals surface area contributed by atoms with E-state index in [0.29, 0.717) is 31.4 Å². The van der Waals surface area contributed by atoms with E-state index in [2.05, 4.69) is 0 Å². The van der Waals surface area contributed by atoms with Gasteiger partial charge in [0.05, 0.1) is 11.6 Å². The lowest BCUT2D eigenvalue weighted by atomic mass is 10.0. The van der Waals surface area contributed by atoms with Gasteiger partial charge in [-0.2, -0.15) is 13.2 Å². The second-order valence-electron chi connectivity index (χ2n) is 5.65. The molecule has 2 atom stereocenters. The number of hydrogen-bond donors (Lipinski definition) is 1. The minimum absolute atomic E-state index is 0.0553. The molecule has 1 aliphatic rings. The Hall–Kier alpha value is -1.76. The van der Waals surface area contributed by atoms with E-state index in [1.807, 2.05) is 0 Å². The zero-order valence-corrected chi connectivity index (χ0v) is 12.8. The molecule has 2 unspecified atom stereocenters. The lowest BCUT2D eigenvalue weighted by molar-refractivity contribution is -0.137. The average molecular weight is 331 g/mol. The number of halogens is 3. The number of cyclic esters (lactones) is 1. The van der Waals surface area contributed by atoms with Crippen LogP contribution in [0.25, 0.3) is 0 Å². The standard InChI is InChI=1S/C16H20F3NO3/c1-11(12-4-6-13(7-5-12)16(17,18)19)20-9-8-14(3-2-10-21)23-15(20)22/h4-7,11,14,21H,2-3,8-10H2,1H3. The average Bonchev–Trinajstić information content (AvgIpc) is 2.51. The van der Waals surface area contributed by atoms with Gasteiger partial charge in [0.1, 0.15) is 6.10 Å². The molecule has 1 N–H and O–H groups in total. The summed E-state index contributed by atoms with van der Waals surface area (Å²) in [7, 11) is 0. The second kappa shape index (κ2) is 7.21. The lowest BCUT2D eigenvalue weighted by Crippen LogP contribution is -2.43. The third-order valence-corrected chi connectivity index (χ3v) is 4.07. The van der Waals surface area contributed by atoms with E-state index in [1.165, 1.54) is 17.0 Å². The SMILES string of the molecule is CC(c1ccc(C(F)(F)F)cc1)N1CCC(CCCO)OC1=O. The van der Waals surface area contributed by atoms with Crippen LogP contribution < -0.4 is 0 Å². The van der Waals surface area contributed by atoms with Gasteiger partial charge >= 0.3 is 12.3 Å². The molecule has 128 valence electrons. The minimum Gasteiger partial charge on any atom is -0.446 e. The summed E-state index contributed by atoms with van der Waals surface area (Å²) >= 11 is 0. The Morgan fingerprint density at radius 1 is 1.35 bits per heavy atom. The molecule has 1 saturated heterocycles. The summed E-state index contributed by atoms with van der Waals surface area (Å²) in [4.78, 5) is 13.6. The maximum Gasteiger partial charge on any atom is 0.416 e. The number of rotatable bonds is 5. The number of aliphatic hydroxyl groups excluding tert-OH is 1. The number of carbonyl (C=O) groups excluding carboxylic acids is 1. The summed E-state index contributed by atoms with van der Waals surface area (Å²) in [6.45, 7) is 2.30. The van der Waals surface area contributed by atoms with Crippen LogP contribution in [-0.2, 0) is 10.9 Å². The fraction of sp³-hybridized carbons (Fsp3) is 0.562. The summed E-state index contributed by atoms with van der Waals surface area (Å²) in [6, 6.07) is 4.46. The summed E-state index contributed by atoms with van der Waals surface area (Å²) < 4.78 is 43.1. The molecule has 1 fully saturated rings. The zero-order valence-electron chi connectivity index (χ0n) is 12.8. The van der Waals surface area contributed by atoms with E-state index in [1.54, 1.807) is 6.92 Å². The topological polar surface area (TPSA) is 49.8 Å². The fourth-order valence-corrected chi connectivity index (χ4v) is 2.65. The van der Waals surface area contributed by atoms with Crippen LogP contribution >= 0.6 is 0 Å². The Bertz CT molecular complexity index is 530. The van der Waals surface area contributed by atoms with Gasteiger partial charge < -0.3 is 14.7 Å². The predicted molar refractivity (Wildman–Crippen MR) is 77.8 cm³/mol. The van der Waals surface area contributed by atoms with Gasteiger partial charge in [-0.1, -0.05) is 12.1 Å². The van der Waals surface area contributed by atoms with E-state index >= 15 is 0 Å². The van der Waals surface area contributed by atoms with Crippen molar-refractivity contribution in [2.75, 3.05) is 13.2 Å². The monoisotopic (exact) mass is 331 g/mol. The highest BCUT2D eigenvalue weighted by atomic mass is 19.4. The number of amides is 1. The van der Waals surface area contributed by atoms with Gasteiger partial charge in [-0.05, 0) is 37.5 Å². The van der Waals surface area contributed by atoms with Crippen molar-refractivity contribution in [3.05, 3.63) is 35.4 Å². The smallest absolute Gasteiger partial charge is 0.416 e. The maximum atomic E-state index is 12.6. The first-order valence-corrected chi connectivity index (χ1v) is 7.58. The highest BCUT2D eigenvalue weighted by molar-refractivity contribution is 5.69. The van der Waals surface area contributed by atoms with Crippen LogP contribution in [0.5, 0.6) is 0 Å². The molecule has 1 heterocycles. The van der Waals surface area contributed by atoms with E-state index in [0.717, 1.165) is 12.1 Å². The normalized spacial score (nSPS) is 20.3. The largest absolute Gasteiger partial charge is 0.446 e. The Morgan fingerprint density at radius 2 is 2.00 bits per heavy atom. The summed E-state index contributed by atoms with van der Waals surface area (Å²) in [5.74, 6) is 0. The molecule has 0 spiro atoms. The molecular formula is C16H20F3NO3. The first-order chi connectivity index (χ1) is 10.8. The minimum atomic E-state index is -4.37. The van der Waals surface area contributed by atoms with Crippen molar-refractivity contribution in [1.29, 1.82) is 0 Å². The van der Waals surface area contributed by atoms with Crippen molar-refractivity contribution < 1.29 is 27.8 Å². The Labute approximate surface area is 132 Å². The van der Waals surface area contributed by atoms with Crippen molar-refractivity contribution in [3.63, 3.8) is 0 Å². The first-order valence-electron chi connectivity index (χ1n) is 7.58. The molecule has 1 amide bonds. The van der Waals surface area contributed by atoms with Crippen LogP contribution in [0.2, 0.25) is 0 Å². The number of carbonyl (C=O) groups is 1. The van der Waals surface area contributed by atoms with Gasteiger partial charge in [0.15, 0.2) is 0 Å². The fourth-order valence-electron chi connectivity index (χ4n) is 2.65. The predicted octanol–water partition coefficient (Wildman–Crippen LogP) is 3.75. The molecule has 7 heteroatoms. The molecule has 4 nitrogen and oxygen atoms in total. The molecule has 0 aromatic heterocycles. The van der Waals surface area contributed by atoms with Crippen molar-refractivity contribution in [1.82, 2.24) is 4.90 Å². The van der Waals surface area contributed by atoms with Crippen LogP contribution in [0.3, 0.4) is 0 Å². The van der Waals surface area contributed by atoms with Crippen molar-refractivity contribution in [2.45, 2.75) is 44.5 Å². The number of aliphatic hydroxyl groups is 1. The molecule has 0 bridgehead atoms. The first kappa shape index (κ1) is 17.6. The molecule has 1 aliphatic heterocycles. The lowest BCUT2D eigenvalue weighted by Gasteiger charge is -2.35. The van der Waals surface area contributed by atoms with Crippen LogP contribution in [0.1, 0.15) is 43.4 Å². The number of ether oxygens (including phenoxy) is 1. The molecule has 0 radical (unpaired) electrons. The third-order valence-electron chi connectivity index (χ3n) is 4.07. The zero-order chi connectivity index (χ0) is 17.0. The molecule has 0 aliphatic carbocycles. The molecule has 1 aromatic rings. The van der Waals surface area contributed by atoms with Crippen molar-refractivity contribution in [2.24, 2.45) is 0 Å². The summed E-state index contributed by atoms with van der Waals surface area (Å²) in [5.41, 5.74) is -0.0810. The molecule has 23 heavy (non-hydrogen) atoms. The van der Waals surface area contributed by atoms with E-state index < -0.39 is 17.8 Å². The third kappa shape index (κ3) is 4.37. The van der Waals surface area contributed by atoms with E-state index in [4.69, 9.17) is 9.84 Å². The molecule has 0 saturated carbocycles. The van der Waals surface area contributed by atoms with Gasteiger partial charge in [0.25, 0.3) is 0 Å². The van der Waals surface area contributed by atoms with Crippen LogP contribution in [0.15, 0.2) is 24.3 Å². The van der Waals surface area contributed by atoms with Crippen LogP contribution in [0.4, 0.5) is 18.0 Å². The number of hydrogen-bond acceptors (Lipinski definition) is 3. The van der Waals surface area contributed by atoms with Crippen molar-refractivity contribution >= 4 is 6.09 Å². The molecular weight excluding hydrogens is 311 g/mol. The van der Waals surface area contributed by atoms with E-state index in [-0.39, 0.29) is 18.8 Å². The van der Waals surface area contributed by atoms with Gasteiger partial charge in [0.2, 0.25) is 0 Å². The van der Waals surface area contributed by atoms with Crippen molar-refractivity contribution in [3.8, 4) is 0 Å². The van der Waals surface area contributed by atoms with Gasteiger partial charge in [-0.25, -0.2) is 4.79 Å². The summed E-state index contributed by atoms with van der Waals surface area (Å²) in [5, 5.41) is 8.80. The van der Waals surface area contributed by atoms with Gasteiger partial charge in [-0.3, -0.25) is 0 Å². The van der Waals surface area contributed by atoms with E-state index in [9.17, 15) is 18.0 Å². The number of benzene rings is 1. The Balaban J connectivity index is 2.00. The molecule has 2 rings (SSSR count). The highest BCUT2D eigenvalue weighted by Crippen LogP contribution is 2.31. The second-order valence-corrected chi connectivity index (χ2v) is 5.65. The quantitative estimate of drug-likeness (QED) is 0.894. The Morgan fingerprint density at radius 3 is 2.52 bits per heavy atom. The summed E-state index contributed by atoms with van der Waals surface area (Å²) in [6.07, 6.45) is -3.20. The van der Waals surface area contributed by atoms with Gasteiger partial charge in [-0.15, -0.1) is 0 Å². The Kier molecular flexibility index (Phi) is 5.51. The van der Waals surface area contributed by atoms with Gasteiger partial charge in [0, 0.05) is 19.6 Å². The van der Waals surface area contributed by atoms with Crippen LogP contribution in [-0.4, -0.2) is 35.4 Å². The maximum absolute atomic E-state index is 12.6. The number of nitrogens with zero attached hydrogens (tertiary/aromatic N) is 1. The number of alkyl halides is 3. The molecule has 1 aromatic carbocycles.